The van der Waals surface area contributed by atoms with E-state index < -0.39 is 0 Å². The van der Waals surface area contributed by atoms with Crippen LogP contribution < -0.4 is 4.90 Å². The van der Waals surface area contributed by atoms with Gasteiger partial charge in [0.2, 0.25) is 0 Å². The monoisotopic (exact) mass is 475 g/mol. The number of hydrogen-bond donors (Lipinski definition) is 0. The van der Waals surface area contributed by atoms with E-state index in [1.54, 1.807) is 15.8 Å². The van der Waals surface area contributed by atoms with Crippen LogP contribution in [-0.2, 0) is 16.1 Å². The maximum atomic E-state index is 13.8. The summed E-state index contributed by atoms with van der Waals surface area (Å²) in [7, 11) is 3.58. The van der Waals surface area contributed by atoms with Crippen LogP contribution in [0, 0.1) is 6.92 Å². The fourth-order valence-corrected chi connectivity index (χ4v) is 4.43. The second-order valence-electron chi connectivity index (χ2n) is 8.94. The minimum atomic E-state index is -0.0814. The van der Waals surface area contributed by atoms with Crippen molar-refractivity contribution in [1.29, 1.82) is 0 Å². The molecular weight excluding hydrogens is 442 g/mol. The average molecular weight is 476 g/mol. The van der Waals surface area contributed by atoms with Crippen LogP contribution >= 0.6 is 0 Å². The van der Waals surface area contributed by atoms with Crippen molar-refractivity contribution >= 4 is 17.5 Å². The van der Waals surface area contributed by atoms with Crippen LogP contribution in [0.2, 0.25) is 0 Å². The van der Waals surface area contributed by atoms with Gasteiger partial charge in [-0.3, -0.25) is 9.59 Å². The summed E-state index contributed by atoms with van der Waals surface area (Å²) in [5.74, 6) is -0.127. The fourth-order valence-electron chi connectivity index (χ4n) is 4.43. The number of carbonyl (C=O) groups excluding carboxylic acids is 2. The highest BCUT2D eigenvalue weighted by Gasteiger charge is 2.24. The fraction of sp³-hybridized carbons (Fsp3) is 0.370. The van der Waals surface area contributed by atoms with Gasteiger partial charge in [-0.25, -0.2) is 4.68 Å². The van der Waals surface area contributed by atoms with Crippen LogP contribution in [0.15, 0.2) is 60.9 Å². The first-order valence-corrected chi connectivity index (χ1v) is 11.9. The molecule has 0 saturated carbocycles. The van der Waals surface area contributed by atoms with Crippen LogP contribution in [0.5, 0.6) is 0 Å². The van der Waals surface area contributed by atoms with Crippen molar-refractivity contribution in [3.63, 3.8) is 0 Å². The van der Waals surface area contributed by atoms with Crippen molar-refractivity contribution in [2.45, 2.75) is 19.9 Å². The lowest BCUT2D eigenvalue weighted by Crippen LogP contribution is -2.37. The first-order chi connectivity index (χ1) is 17.0. The number of likely N-dealkylation sites (N-methyl/N-ethyl adjacent to an activating group) is 1. The molecule has 1 aliphatic heterocycles. The molecule has 35 heavy (non-hydrogen) atoms. The number of ether oxygens (including phenoxy) is 1. The Balaban J connectivity index is 1.69. The number of methoxy groups -OCH3 is 1. The number of amides is 2. The molecular formula is C27H33N5O3. The lowest BCUT2D eigenvalue weighted by Gasteiger charge is -2.28. The highest BCUT2D eigenvalue weighted by molar-refractivity contribution is 5.96. The summed E-state index contributed by atoms with van der Waals surface area (Å²) in [5.41, 5.74) is 4.31. The molecule has 0 radical (unpaired) electrons. The molecule has 0 bridgehead atoms. The molecule has 2 amide bonds. The summed E-state index contributed by atoms with van der Waals surface area (Å²) in [5, 5.41) is 4.34. The summed E-state index contributed by atoms with van der Waals surface area (Å²) in [6.07, 6.45) is 4.44. The maximum absolute atomic E-state index is 13.8. The van der Waals surface area contributed by atoms with Crippen LogP contribution in [0.25, 0.3) is 5.69 Å². The van der Waals surface area contributed by atoms with Gasteiger partial charge in [0.25, 0.3) is 11.8 Å². The maximum Gasteiger partial charge on any atom is 0.254 e. The number of anilines is 1. The van der Waals surface area contributed by atoms with E-state index in [1.165, 1.54) is 7.11 Å². The predicted molar refractivity (Wildman–Crippen MR) is 136 cm³/mol. The number of carbonyl (C=O) groups is 2. The molecule has 0 atom stereocenters. The summed E-state index contributed by atoms with van der Waals surface area (Å²) in [4.78, 5) is 32.6. The van der Waals surface area contributed by atoms with E-state index in [2.05, 4.69) is 17.0 Å². The number of hydrogen-bond acceptors (Lipinski definition) is 5. The van der Waals surface area contributed by atoms with E-state index in [-0.39, 0.29) is 18.4 Å². The van der Waals surface area contributed by atoms with Gasteiger partial charge >= 0.3 is 0 Å². The third-order valence-corrected chi connectivity index (χ3v) is 6.38. The van der Waals surface area contributed by atoms with Gasteiger partial charge in [0, 0.05) is 56.9 Å². The lowest BCUT2D eigenvalue weighted by molar-refractivity contribution is -0.122. The molecule has 0 aliphatic carbocycles. The van der Waals surface area contributed by atoms with Crippen molar-refractivity contribution < 1.29 is 14.3 Å². The molecule has 0 saturated heterocycles. The zero-order valence-electron chi connectivity index (χ0n) is 20.7. The van der Waals surface area contributed by atoms with Crippen molar-refractivity contribution in [2.24, 2.45) is 0 Å². The summed E-state index contributed by atoms with van der Waals surface area (Å²) in [6, 6.07) is 15.4. The molecule has 8 nitrogen and oxygen atoms in total. The quantitative estimate of drug-likeness (QED) is 0.580. The minimum Gasteiger partial charge on any atom is -0.375 e. The second-order valence-corrected chi connectivity index (χ2v) is 8.94. The molecule has 1 aromatic heterocycles. The van der Waals surface area contributed by atoms with E-state index in [0.717, 1.165) is 42.0 Å². The highest BCUT2D eigenvalue weighted by atomic mass is 16.5. The van der Waals surface area contributed by atoms with Gasteiger partial charge in [0.15, 0.2) is 0 Å². The van der Waals surface area contributed by atoms with Gasteiger partial charge < -0.3 is 19.4 Å². The Bertz CT molecular complexity index is 1160. The smallest absolute Gasteiger partial charge is 0.254 e. The van der Waals surface area contributed by atoms with Crippen LogP contribution in [0.4, 0.5) is 5.69 Å². The molecule has 8 heteroatoms. The zero-order valence-corrected chi connectivity index (χ0v) is 20.7. The summed E-state index contributed by atoms with van der Waals surface area (Å²) < 4.78 is 6.92. The topological polar surface area (TPSA) is 70.9 Å². The first-order valence-electron chi connectivity index (χ1n) is 11.9. The third-order valence-electron chi connectivity index (χ3n) is 6.38. The van der Waals surface area contributed by atoms with Crippen molar-refractivity contribution in [1.82, 2.24) is 19.6 Å². The van der Waals surface area contributed by atoms with Crippen LogP contribution in [0.3, 0.4) is 0 Å². The zero-order chi connectivity index (χ0) is 24.8. The van der Waals surface area contributed by atoms with Crippen molar-refractivity contribution in [3.8, 4) is 5.69 Å². The standard InChI is InChI=1S/C27H33N5O3/c1-21-10-11-22(18-25(21)32-15-6-12-28-32)27(34)30-17-16-29(2)13-7-14-31(26(33)20-35-3)24-9-5-4-8-23(24)19-30/h4-6,8-12,15,18H,7,13-14,16-17,19-20H2,1-3H3. The van der Waals surface area contributed by atoms with Gasteiger partial charge in [-0.05, 0) is 62.3 Å². The third kappa shape index (κ3) is 5.78. The predicted octanol–water partition coefficient (Wildman–Crippen LogP) is 3.14. The molecule has 4 rings (SSSR count). The first kappa shape index (κ1) is 24.6. The van der Waals surface area contributed by atoms with E-state index >= 15 is 0 Å². The Morgan fingerprint density at radius 3 is 2.60 bits per heavy atom. The molecule has 2 heterocycles. The molecule has 0 unspecified atom stereocenters. The largest absolute Gasteiger partial charge is 0.375 e. The minimum absolute atomic E-state index is 0.0202. The number of fused-ring (bicyclic) bond motifs is 1. The second kappa shape index (κ2) is 11.3. The van der Waals surface area contributed by atoms with E-state index in [1.807, 2.05) is 66.6 Å². The molecule has 0 spiro atoms. The van der Waals surface area contributed by atoms with Gasteiger partial charge in [0.1, 0.15) is 6.61 Å². The molecule has 3 aromatic rings. The Kier molecular flexibility index (Phi) is 7.94. The van der Waals surface area contributed by atoms with Crippen molar-refractivity contribution in [2.75, 3.05) is 51.8 Å². The molecule has 0 fully saturated rings. The number of aryl methyl sites for hydroxylation is 1. The normalized spacial score (nSPS) is 15.4. The Morgan fingerprint density at radius 1 is 1.00 bits per heavy atom. The summed E-state index contributed by atoms with van der Waals surface area (Å²) >= 11 is 0. The SMILES string of the molecule is COCC(=O)N1CCCN(C)CCN(C(=O)c2ccc(C)c(-n3cccn3)c2)Cc2ccccc21. The van der Waals surface area contributed by atoms with Crippen molar-refractivity contribution in [3.05, 3.63) is 77.6 Å². The van der Waals surface area contributed by atoms with E-state index in [0.29, 0.717) is 25.2 Å². The average Bonchev–Trinajstić information content (AvgIpc) is 3.38. The highest BCUT2D eigenvalue weighted by Crippen LogP contribution is 2.25. The number of nitrogens with zero attached hydrogens (tertiary/aromatic N) is 5. The summed E-state index contributed by atoms with van der Waals surface area (Å²) in [6.45, 7) is 5.20. The number of rotatable bonds is 4. The number of aromatic nitrogens is 2. The lowest BCUT2D eigenvalue weighted by atomic mass is 10.1. The van der Waals surface area contributed by atoms with Gasteiger partial charge in [-0.15, -0.1) is 0 Å². The Hall–Kier alpha value is -3.49. The Morgan fingerprint density at radius 2 is 1.83 bits per heavy atom. The molecule has 2 aromatic carbocycles. The molecule has 184 valence electrons. The molecule has 0 N–H and O–H groups in total. The van der Waals surface area contributed by atoms with Gasteiger partial charge in [-0.2, -0.15) is 5.10 Å². The van der Waals surface area contributed by atoms with Gasteiger partial charge in [-0.1, -0.05) is 24.3 Å². The molecule has 1 aliphatic rings. The van der Waals surface area contributed by atoms with E-state index in [9.17, 15) is 9.59 Å². The number of benzene rings is 2. The number of para-hydroxylation sites is 1. The Labute approximate surface area is 206 Å². The van der Waals surface area contributed by atoms with Crippen LogP contribution in [-0.4, -0.2) is 78.3 Å². The van der Waals surface area contributed by atoms with Crippen LogP contribution in [0.1, 0.15) is 27.9 Å². The van der Waals surface area contributed by atoms with E-state index in [4.69, 9.17) is 4.74 Å². The van der Waals surface area contributed by atoms with Gasteiger partial charge in [0.05, 0.1) is 5.69 Å².